The second-order valence-electron chi connectivity index (χ2n) is 5.34. The molecule has 0 spiro atoms. The van der Waals surface area contributed by atoms with Crippen molar-refractivity contribution >= 4 is 0 Å². The molecule has 2 heterocycles. The summed E-state index contributed by atoms with van der Waals surface area (Å²) in [5.41, 5.74) is 3.05. The van der Waals surface area contributed by atoms with Crippen LogP contribution < -0.4 is 0 Å². The predicted molar refractivity (Wildman–Crippen MR) is 67.5 cm³/mol. The van der Waals surface area contributed by atoms with E-state index >= 15 is 0 Å². The molecule has 2 aliphatic heterocycles. The lowest BCUT2D eigenvalue weighted by molar-refractivity contribution is 0.149. The SMILES string of the molecule is Cc1ccccc1[C@@H]1CC[C@@H]2CCCCN21. The molecule has 2 atom stereocenters. The summed E-state index contributed by atoms with van der Waals surface area (Å²) < 4.78 is 0. The Morgan fingerprint density at radius 1 is 1.06 bits per heavy atom. The minimum Gasteiger partial charge on any atom is -0.293 e. The molecule has 2 saturated heterocycles. The van der Waals surface area contributed by atoms with Crippen LogP contribution in [0, 0.1) is 6.92 Å². The molecule has 0 amide bonds. The van der Waals surface area contributed by atoms with E-state index in [1.54, 1.807) is 5.56 Å². The highest BCUT2D eigenvalue weighted by Gasteiger charge is 2.35. The third-order valence-corrected chi connectivity index (χ3v) is 4.39. The Labute approximate surface area is 98.5 Å². The fraction of sp³-hybridized carbons (Fsp3) is 0.600. The Balaban J connectivity index is 1.88. The number of hydrogen-bond donors (Lipinski definition) is 0. The van der Waals surface area contributed by atoms with Crippen LogP contribution in [0.4, 0.5) is 0 Å². The summed E-state index contributed by atoms with van der Waals surface area (Å²) in [5.74, 6) is 0. The van der Waals surface area contributed by atoms with Crippen LogP contribution in [0.1, 0.15) is 49.3 Å². The Morgan fingerprint density at radius 3 is 2.81 bits per heavy atom. The van der Waals surface area contributed by atoms with Gasteiger partial charge in [0.1, 0.15) is 0 Å². The second kappa shape index (κ2) is 4.21. The molecule has 1 aromatic rings. The Bertz CT molecular complexity index is 371. The molecule has 0 aromatic heterocycles. The lowest BCUT2D eigenvalue weighted by Crippen LogP contribution is -2.36. The first-order valence-electron chi connectivity index (χ1n) is 6.67. The van der Waals surface area contributed by atoms with Crippen molar-refractivity contribution in [2.75, 3.05) is 6.54 Å². The molecule has 1 heteroatoms. The molecule has 2 fully saturated rings. The van der Waals surface area contributed by atoms with E-state index in [-0.39, 0.29) is 0 Å². The van der Waals surface area contributed by atoms with Gasteiger partial charge in [0.25, 0.3) is 0 Å². The maximum atomic E-state index is 2.77. The summed E-state index contributed by atoms with van der Waals surface area (Å²) in [6, 6.07) is 10.5. The van der Waals surface area contributed by atoms with Gasteiger partial charge in [-0.1, -0.05) is 30.7 Å². The van der Waals surface area contributed by atoms with Crippen molar-refractivity contribution in [2.24, 2.45) is 0 Å². The number of piperidine rings is 1. The zero-order chi connectivity index (χ0) is 11.0. The lowest BCUT2D eigenvalue weighted by Gasteiger charge is -2.34. The zero-order valence-corrected chi connectivity index (χ0v) is 10.2. The molecular formula is C15H21N. The van der Waals surface area contributed by atoms with Gasteiger partial charge in [0.2, 0.25) is 0 Å². The van der Waals surface area contributed by atoms with Crippen LogP contribution in [0.25, 0.3) is 0 Å². The molecule has 86 valence electrons. The Kier molecular flexibility index (Phi) is 2.72. The van der Waals surface area contributed by atoms with Crippen LogP contribution in [0.2, 0.25) is 0 Å². The normalized spacial score (nSPS) is 30.3. The van der Waals surface area contributed by atoms with Crippen LogP contribution >= 0.6 is 0 Å². The minimum atomic E-state index is 0.714. The zero-order valence-electron chi connectivity index (χ0n) is 10.2. The molecule has 1 aromatic carbocycles. The molecule has 0 N–H and O–H groups in total. The Hall–Kier alpha value is -0.820. The van der Waals surface area contributed by atoms with E-state index in [1.165, 1.54) is 44.2 Å². The number of hydrogen-bond acceptors (Lipinski definition) is 1. The molecule has 1 nitrogen and oxygen atoms in total. The smallest absolute Gasteiger partial charge is 0.0354 e. The highest BCUT2D eigenvalue weighted by atomic mass is 15.2. The largest absolute Gasteiger partial charge is 0.293 e. The average molecular weight is 215 g/mol. The minimum absolute atomic E-state index is 0.714. The molecule has 16 heavy (non-hydrogen) atoms. The van der Waals surface area contributed by atoms with Gasteiger partial charge in [-0.15, -0.1) is 0 Å². The maximum Gasteiger partial charge on any atom is 0.0354 e. The van der Waals surface area contributed by atoms with E-state index in [0.29, 0.717) is 6.04 Å². The molecule has 0 radical (unpaired) electrons. The number of fused-ring (bicyclic) bond motifs is 1. The summed E-state index contributed by atoms with van der Waals surface area (Å²) in [6.45, 7) is 3.58. The van der Waals surface area contributed by atoms with Crippen molar-refractivity contribution in [1.82, 2.24) is 4.90 Å². The summed E-state index contributed by atoms with van der Waals surface area (Å²) in [5, 5.41) is 0. The topological polar surface area (TPSA) is 3.24 Å². The highest BCUT2D eigenvalue weighted by molar-refractivity contribution is 5.29. The van der Waals surface area contributed by atoms with Crippen molar-refractivity contribution in [2.45, 2.75) is 51.1 Å². The van der Waals surface area contributed by atoms with Crippen LogP contribution in [0.5, 0.6) is 0 Å². The first-order chi connectivity index (χ1) is 7.86. The van der Waals surface area contributed by atoms with E-state index in [4.69, 9.17) is 0 Å². The van der Waals surface area contributed by atoms with E-state index in [1.807, 2.05) is 0 Å². The van der Waals surface area contributed by atoms with Crippen LogP contribution in [-0.4, -0.2) is 17.5 Å². The van der Waals surface area contributed by atoms with Gasteiger partial charge in [0, 0.05) is 12.1 Å². The van der Waals surface area contributed by atoms with E-state index in [2.05, 4.69) is 36.1 Å². The fourth-order valence-corrected chi connectivity index (χ4v) is 3.55. The van der Waals surface area contributed by atoms with Crippen molar-refractivity contribution in [3.8, 4) is 0 Å². The third kappa shape index (κ3) is 1.67. The molecule has 0 aliphatic carbocycles. The quantitative estimate of drug-likeness (QED) is 0.690. The summed E-state index contributed by atoms with van der Waals surface area (Å²) in [7, 11) is 0. The summed E-state index contributed by atoms with van der Waals surface area (Å²) in [6.07, 6.45) is 7.07. The monoisotopic (exact) mass is 215 g/mol. The molecule has 3 rings (SSSR count). The predicted octanol–water partition coefficient (Wildman–Crippen LogP) is 3.68. The van der Waals surface area contributed by atoms with Gasteiger partial charge in [-0.3, -0.25) is 4.90 Å². The van der Waals surface area contributed by atoms with Crippen molar-refractivity contribution in [3.63, 3.8) is 0 Å². The van der Waals surface area contributed by atoms with Crippen LogP contribution in [0.15, 0.2) is 24.3 Å². The van der Waals surface area contributed by atoms with Crippen LogP contribution in [0.3, 0.4) is 0 Å². The van der Waals surface area contributed by atoms with Gasteiger partial charge in [-0.2, -0.15) is 0 Å². The summed E-state index contributed by atoms with van der Waals surface area (Å²) in [4.78, 5) is 2.77. The number of nitrogens with zero attached hydrogens (tertiary/aromatic N) is 1. The summed E-state index contributed by atoms with van der Waals surface area (Å²) >= 11 is 0. The van der Waals surface area contributed by atoms with Gasteiger partial charge in [-0.25, -0.2) is 0 Å². The van der Waals surface area contributed by atoms with E-state index in [0.717, 1.165) is 6.04 Å². The van der Waals surface area contributed by atoms with Gasteiger partial charge >= 0.3 is 0 Å². The maximum absolute atomic E-state index is 2.77. The van der Waals surface area contributed by atoms with Gasteiger partial charge in [0.15, 0.2) is 0 Å². The fourth-order valence-electron chi connectivity index (χ4n) is 3.55. The molecule has 2 aliphatic rings. The van der Waals surface area contributed by atoms with E-state index in [9.17, 15) is 0 Å². The first kappa shape index (κ1) is 10.3. The highest BCUT2D eigenvalue weighted by Crippen LogP contribution is 2.40. The molecule has 0 bridgehead atoms. The Morgan fingerprint density at radius 2 is 1.94 bits per heavy atom. The third-order valence-electron chi connectivity index (χ3n) is 4.39. The molecule has 0 unspecified atom stereocenters. The van der Waals surface area contributed by atoms with Gasteiger partial charge in [0.05, 0.1) is 0 Å². The molecular weight excluding hydrogens is 194 g/mol. The van der Waals surface area contributed by atoms with Crippen molar-refractivity contribution in [1.29, 1.82) is 0 Å². The average Bonchev–Trinajstić information content (AvgIpc) is 2.74. The number of benzene rings is 1. The van der Waals surface area contributed by atoms with E-state index < -0.39 is 0 Å². The standard InChI is InChI=1S/C15H21N/c1-12-6-2-3-8-14(12)15-10-9-13-7-4-5-11-16(13)15/h2-3,6,8,13,15H,4-5,7,9-11H2,1H3/t13-,15-/m0/s1. The first-order valence-corrected chi connectivity index (χ1v) is 6.67. The van der Waals surface area contributed by atoms with Gasteiger partial charge in [-0.05, 0) is 50.3 Å². The van der Waals surface area contributed by atoms with Crippen molar-refractivity contribution in [3.05, 3.63) is 35.4 Å². The number of aryl methyl sites for hydroxylation is 1. The second-order valence-corrected chi connectivity index (χ2v) is 5.34. The van der Waals surface area contributed by atoms with Gasteiger partial charge < -0.3 is 0 Å². The molecule has 0 saturated carbocycles. The van der Waals surface area contributed by atoms with Crippen molar-refractivity contribution < 1.29 is 0 Å². The number of rotatable bonds is 1. The lowest BCUT2D eigenvalue weighted by atomic mass is 9.99. The van der Waals surface area contributed by atoms with Crippen LogP contribution in [-0.2, 0) is 0 Å².